The SMILES string of the molecule is COc1ccc([C@H](C)NC(=O)[C@@H]2C[C@@H](O)CN2C(=O)CNC(=O)c2ccc3cc(F)ccc3n2)c(O[C@@H](C)C2CC2)c1. The fourth-order valence-corrected chi connectivity index (χ4v) is 5.26. The summed E-state index contributed by atoms with van der Waals surface area (Å²) in [4.78, 5) is 44.7. The molecule has 10 nitrogen and oxygen atoms in total. The Kier molecular flexibility index (Phi) is 8.58. The molecule has 2 heterocycles. The second-order valence-corrected chi connectivity index (χ2v) is 11.0. The zero-order valence-corrected chi connectivity index (χ0v) is 23.8. The van der Waals surface area contributed by atoms with E-state index in [0.717, 1.165) is 18.4 Å². The number of amides is 3. The Labute approximate surface area is 243 Å². The van der Waals surface area contributed by atoms with Crippen LogP contribution < -0.4 is 20.1 Å². The number of carbonyl (C=O) groups excluding carboxylic acids is 3. The molecule has 1 aliphatic carbocycles. The van der Waals surface area contributed by atoms with Gasteiger partial charge in [-0.15, -0.1) is 0 Å². The molecular formula is C31H35FN4O6. The molecule has 1 saturated heterocycles. The van der Waals surface area contributed by atoms with Crippen LogP contribution in [0.5, 0.6) is 11.5 Å². The first-order chi connectivity index (χ1) is 20.1. The van der Waals surface area contributed by atoms with Crippen molar-refractivity contribution in [3.63, 3.8) is 0 Å². The summed E-state index contributed by atoms with van der Waals surface area (Å²) in [5.74, 6) is -0.154. The quantitative estimate of drug-likeness (QED) is 0.337. The number of benzene rings is 2. The van der Waals surface area contributed by atoms with Gasteiger partial charge < -0.3 is 30.1 Å². The van der Waals surface area contributed by atoms with E-state index in [9.17, 15) is 23.9 Å². The second kappa shape index (κ2) is 12.3. The number of β-amino-alcohol motifs (C(OH)–C–C–N with tert-alkyl or cyclic N) is 1. The standard InChI is InChI=1S/C31H35FN4O6/c1-17(24-9-8-23(41-3)14-28(24)42-18(2)19-4-5-19)34-31(40)27-13-22(37)16-36(27)29(38)15-33-30(39)26-10-6-20-12-21(32)7-11-25(20)35-26/h6-12,14,17-19,22,27,37H,4-5,13,15-16H2,1-3H3,(H,33,39)(H,34,40)/t17-,18-,22+,27-/m0/s1. The maximum absolute atomic E-state index is 13.4. The Hall–Kier alpha value is -4.25. The van der Waals surface area contributed by atoms with Gasteiger partial charge in [0.15, 0.2) is 0 Å². The zero-order chi connectivity index (χ0) is 30.0. The minimum atomic E-state index is -0.909. The van der Waals surface area contributed by atoms with E-state index in [2.05, 4.69) is 15.6 Å². The van der Waals surface area contributed by atoms with Crippen LogP contribution >= 0.6 is 0 Å². The molecule has 2 fully saturated rings. The van der Waals surface area contributed by atoms with Crippen LogP contribution in [0.4, 0.5) is 4.39 Å². The van der Waals surface area contributed by atoms with Gasteiger partial charge in [-0.25, -0.2) is 9.37 Å². The number of halogens is 1. The first-order valence-corrected chi connectivity index (χ1v) is 14.1. The fraction of sp³-hybridized carbons (Fsp3) is 0.419. The lowest BCUT2D eigenvalue weighted by Crippen LogP contribution is -2.49. The Balaban J connectivity index is 1.22. The van der Waals surface area contributed by atoms with Crippen molar-refractivity contribution in [1.82, 2.24) is 20.5 Å². The number of rotatable bonds is 10. The zero-order valence-electron chi connectivity index (χ0n) is 23.8. The van der Waals surface area contributed by atoms with Crippen molar-refractivity contribution < 1.29 is 33.4 Å². The summed E-state index contributed by atoms with van der Waals surface area (Å²) in [5, 5.41) is 16.4. The smallest absolute Gasteiger partial charge is 0.270 e. The lowest BCUT2D eigenvalue weighted by atomic mass is 10.1. The lowest BCUT2D eigenvalue weighted by Gasteiger charge is -2.26. The molecular weight excluding hydrogens is 543 g/mol. The van der Waals surface area contributed by atoms with Crippen molar-refractivity contribution in [3.8, 4) is 11.5 Å². The number of pyridine rings is 1. The molecule has 4 atom stereocenters. The molecule has 1 saturated carbocycles. The lowest BCUT2D eigenvalue weighted by molar-refractivity contribution is -0.138. The Morgan fingerprint density at radius 2 is 1.90 bits per heavy atom. The molecule has 0 unspecified atom stereocenters. The normalized spacial score (nSPS) is 19.7. The van der Waals surface area contributed by atoms with Crippen LogP contribution in [0.15, 0.2) is 48.5 Å². The highest BCUT2D eigenvalue weighted by Crippen LogP contribution is 2.37. The van der Waals surface area contributed by atoms with Gasteiger partial charge in [-0.1, -0.05) is 6.07 Å². The van der Waals surface area contributed by atoms with E-state index in [1.54, 1.807) is 25.3 Å². The first kappa shape index (κ1) is 29.2. The van der Waals surface area contributed by atoms with Crippen molar-refractivity contribution in [2.75, 3.05) is 20.2 Å². The van der Waals surface area contributed by atoms with Crippen LogP contribution in [0.1, 0.15) is 55.2 Å². The van der Waals surface area contributed by atoms with Crippen LogP contribution in [0.2, 0.25) is 0 Å². The largest absolute Gasteiger partial charge is 0.497 e. The molecule has 3 amide bonds. The van der Waals surface area contributed by atoms with Crippen molar-refractivity contribution in [2.45, 2.75) is 57.4 Å². The number of aliphatic hydroxyl groups is 1. The number of fused-ring (bicyclic) bond motifs is 1. The van der Waals surface area contributed by atoms with E-state index in [1.165, 1.54) is 29.2 Å². The third-order valence-electron chi connectivity index (χ3n) is 7.83. The molecule has 3 aromatic rings. The van der Waals surface area contributed by atoms with E-state index in [0.29, 0.717) is 28.3 Å². The van der Waals surface area contributed by atoms with E-state index in [1.807, 2.05) is 19.9 Å². The monoisotopic (exact) mass is 578 g/mol. The summed E-state index contributed by atoms with van der Waals surface area (Å²) in [5.41, 5.74) is 1.28. The molecule has 0 spiro atoms. The molecule has 1 aromatic heterocycles. The van der Waals surface area contributed by atoms with Gasteiger partial charge in [0.2, 0.25) is 11.8 Å². The van der Waals surface area contributed by atoms with Gasteiger partial charge in [-0.05, 0) is 69.0 Å². The van der Waals surface area contributed by atoms with Crippen molar-refractivity contribution in [1.29, 1.82) is 0 Å². The Morgan fingerprint density at radius 1 is 1.12 bits per heavy atom. The molecule has 11 heteroatoms. The molecule has 0 bridgehead atoms. The number of methoxy groups -OCH3 is 1. The van der Waals surface area contributed by atoms with E-state index in [-0.39, 0.29) is 31.3 Å². The Bertz CT molecular complexity index is 1500. The number of ether oxygens (including phenoxy) is 2. The summed E-state index contributed by atoms with van der Waals surface area (Å²) in [7, 11) is 1.58. The van der Waals surface area contributed by atoms with E-state index < -0.39 is 41.7 Å². The first-order valence-electron chi connectivity index (χ1n) is 14.1. The average molecular weight is 579 g/mol. The molecule has 3 N–H and O–H groups in total. The third-order valence-corrected chi connectivity index (χ3v) is 7.83. The highest BCUT2D eigenvalue weighted by atomic mass is 19.1. The van der Waals surface area contributed by atoms with Crippen LogP contribution in [-0.2, 0) is 9.59 Å². The van der Waals surface area contributed by atoms with Gasteiger partial charge in [-0.3, -0.25) is 14.4 Å². The fourth-order valence-electron chi connectivity index (χ4n) is 5.26. The summed E-state index contributed by atoms with van der Waals surface area (Å²) < 4.78 is 25.0. The number of nitrogens with zero attached hydrogens (tertiary/aromatic N) is 2. The van der Waals surface area contributed by atoms with Gasteiger partial charge in [0.1, 0.15) is 29.1 Å². The van der Waals surface area contributed by atoms with Crippen molar-refractivity contribution in [3.05, 3.63) is 65.6 Å². The number of likely N-dealkylation sites (tertiary alicyclic amines) is 1. The molecule has 2 aliphatic rings. The van der Waals surface area contributed by atoms with E-state index in [4.69, 9.17) is 9.47 Å². The van der Waals surface area contributed by atoms with Gasteiger partial charge >= 0.3 is 0 Å². The number of nitrogens with one attached hydrogen (secondary N) is 2. The van der Waals surface area contributed by atoms with Crippen LogP contribution in [-0.4, -0.2) is 71.2 Å². The molecule has 222 valence electrons. The number of aromatic nitrogens is 1. The van der Waals surface area contributed by atoms with Gasteiger partial charge in [0.05, 0.1) is 37.4 Å². The number of carbonyl (C=O) groups is 3. The summed E-state index contributed by atoms with van der Waals surface area (Å²) in [6.45, 7) is 3.45. The highest BCUT2D eigenvalue weighted by Gasteiger charge is 2.39. The molecule has 1 aliphatic heterocycles. The van der Waals surface area contributed by atoms with Gasteiger partial charge in [-0.2, -0.15) is 0 Å². The van der Waals surface area contributed by atoms with Crippen molar-refractivity contribution in [2.24, 2.45) is 5.92 Å². The molecule has 5 rings (SSSR count). The predicted molar refractivity (Wildman–Crippen MR) is 153 cm³/mol. The van der Waals surface area contributed by atoms with Crippen LogP contribution in [0.25, 0.3) is 10.9 Å². The topological polar surface area (TPSA) is 130 Å². The Morgan fingerprint density at radius 3 is 2.64 bits per heavy atom. The third kappa shape index (κ3) is 6.62. The molecule has 42 heavy (non-hydrogen) atoms. The maximum atomic E-state index is 13.4. The summed E-state index contributed by atoms with van der Waals surface area (Å²) in [6.07, 6.45) is 1.48. The molecule has 2 aromatic carbocycles. The highest BCUT2D eigenvalue weighted by molar-refractivity contribution is 5.97. The van der Waals surface area contributed by atoms with Crippen LogP contribution in [0.3, 0.4) is 0 Å². The number of hydrogen-bond acceptors (Lipinski definition) is 7. The number of aliphatic hydroxyl groups excluding tert-OH is 1. The number of hydrogen-bond donors (Lipinski definition) is 3. The second-order valence-electron chi connectivity index (χ2n) is 11.0. The minimum Gasteiger partial charge on any atom is -0.497 e. The average Bonchev–Trinajstić information content (AvgIpc) is 3.76. The van der Waals surface area contributed by atoms with Crippen molar-refractivity contribution >= 4 is 28.6 Å². The van der Waals surface area contributed by atoms with Gasteiger partial charge in [0.25, 0.3) is 5.91 Å². The minimum absolute atomic E-state index is 0.0277. The maximum Gasteiger partial charge on any atom is 0.270 e. The van der Waals surface area contributed by atoms with Gasteiger partial charge in [0, 0.05) is 30.0 Å². The van der Waals surface area contributed by atoms with Crippen LogP contribution in [0, 0.1) is 11.7 Å². The summed E-state index contributed by atoms with van der Waals surface area (Å²) >= 11 is 0. The van der Waals surface area contributed by atoms with E-state index >= 15 is 0 Å². The predicted octanol–water partition coefficient (Wildman–Crippen LogP) is 3.13. The molecule has 0 radical (unpaired) electrons. The summed E-state index contributed by atoms with van der Waals surface area (Å²) in [6, 6.07) is 11.1.